The molecule has 0 radical (unpaired) electrons. The molecule has 2 unspecified atom stereocenters. The Morgan fingerprint density at radius 2 is 2.32 bits per heavy atom. The van der Waals surface area contributed by atoms with Crippen molar-refractivity contribution in [1.82, 2.24) is 0 Å². The van der Waals surface area contributed by atoms with E-state index in [0.29, 0.717) is 11.9 Å². The van der Waals surface area contributed by atoms with Crippen LogP contribution in [0.15, 0.2) is 18.2 Å². The predicted octanol–water partition coefficient (Wildman–Crippen LogP) is 4.62. The number of benzene rings is 1. The topological polar surface area (TPSA) is 18.5 Å². The van der Waals surface area contributed by atoms with Crippen LogP contribution >= 0.6 is 15.9 Å². The Bertz CT molecular complexity index is 405. The molecule has 106 valence electrons. The minimum absolute atomic E-state index is 0.165. The van der Waals surface area contributed by atoms with E-state index in [1.807, 2.05) is 6.07 Å². The maximum Gasteiger partial charge on any atom is 0.165 e. The van der Waals surface area contributed by atoms with Gasteiger partial charge in [0.25, 0.3) is 0 Å². The zero-order chi connectivity index (χ0) is 13.7. The standard InChI is InChI=1S/C15H20BrFO2/c1-18-15-8-5-11(10-14(15)17)13(16)7-6-12-4-2-3-9-19-12/h5,8,10,12-13H,2-4,6-7,9H2,1H3. The van der Waals surface area contributed by atoms with E-state index in [0.717, 1.165) is 31.4 Å². The molecule has 2 rings (SSSR count). The molecule has 0 saturated carbocycles. The van der Waals surface area contributed by atoms with Gasteiger partial charge in [0.05, 0.1) is 13.2 Å². The van der Waals surface area contributed by atoms with Gasteiger partial charge in [-0.3, -0.25) is 0 Å². The number of hydrogen-bond acceptors (Lipinski definition) is 2. The highest BCUT2D eigenvalue weighted by molar-refractivity contribution is 9.09. The Labute approximate surface area is 122 Å². The Hall–Kier alpha value is -0.610. The Morgan fingerprint density at radius 3 is 2.95 bits per heavy atom. The fraction of sp³-hybridized carbons (Fsp3) is 0.600. The monoisotopic (exact) mass is 330 g/mol. The van der Waals surface area contributed by atoms with Crippen molar-refractivity contribution in [3.63, 3.8) is 0 Å². The molecule has 0 bridgehead atoms. The van der Waals surface area contributed by atoms with Gasteiger partial charge in [0.2, 0.25) is 0 Å². The SMILES string of the molecule is COc1ccc(C(Br)CCC2CCCCO2)cc1F. The first-order valence-electron chi connectivity index (χ1n) is 6.80. The zero-order valence-corrected chi connectivity index (χ0v) is 12.8. The molecular formula is C15H20BrFO2. The zero-order valence-electron chi connectivity index (χ0n) is 11.2. The summed E-state index contributed by atoms with van der Waals surface area (Å²) in [4.78, 5) is 0.165. The minimum Gasteiger partial charge on any atom is -0.494 e. The lowest BCUT2D eigenvalue weighted by molar-refractivity contribution is 0.0102. The first-order valence-corrected chi connectivity index (χ1v) is 7.71. The van der Waals surface area contributed by atoms with Crippen molar-refractivity contribution >= 4 is 15.9 Å². The molecule has 1 aliphatic heterocycles. The molecule has 0 amide bonds. The van der Waals surface area contributed by atoms with Gasteiger partial charge in [-0.15, -0.1) is 0 Å². The molecule has 1 fully saturated rings. The molecule has 0 spiro atoms. The number of ether oxygens (including phenoxy) is 2. The van der Waals surface area contributed by atoms with Crippen LogP contribution in [0.25, 0.3) is 0 Å². The van der Waals surface area contributed by atoms with Crippen LogP contribution in [-0.4, -0.2) is 19.8 Å². The average Bonchev–Trinajstić information content (AvgIpc) is 2.45. The van der Waals surface area contributed by atoms with Crippen LogP contribution in [0.2, 0.25) is 0 Å². The third-order valence-electron chi connectivity index (χ3n) is 3.55. The van der Waals surface area contributed by atoms with Crippen LogP contribution < -0.4 is 4.74 Å². The van der Waals surface area contributed by atoms with E-state index in [9.17, 15) is 4.39 Å². The maximum atomic E-state index is 13.6. The normalized spacial score (nSPS) is 21.1. The van der Waals surface area contributed by atoms with Crippen molar-refractivity contribution in [2.45, 2.75) is 43.0 Å². The highest BCUT2D eigenvalue weighted by Gasteiger charge is 2.17. The molecule has 2 nitrogen and oxygen atoms in total. The van der Waals surface area contributed by atoms with Crippen LogP contribution in [0.5, 0.6) is 5.75 Å². The fourth-order valence-electron chi connectivity index (χ4n) is 2.41. The van der Waals surface area contributed by atoms with Crippen molar-refractivity contribution in [2.24, 2.45) is 0 Å². The summed E-state index contributed by atoms with van der Waals surface area (Å²) < 4.78 is 24.3. The number of methoxy groups -OCH3 is 1. The summed E-state index contributed by atoms with van der Waals surface area (Å²) in [5.74, 6) is -0.0163. The van der Waals surface area contributed by atoms with E-state index in [-0.39, 0.29) is 10.6 Å². The quantitative estimate of drug-likeness (QED) is 0.733. The molecule has 0 aromatic heterocycles. The molecule has 1 saturated heterocycles. The number of halogens is 2. The summed E-state index contributed by atoms with van der Waals surface area (Å²) in [6, 6.07) is 5.12. The summed E-state index contributed by atoms with van der Waals surface area (Å²) in [7, 11) is 1.48. The summed E-state index contributed by atoms with van der Waals surface area (Å²) in [6.07, 6.45) is 5.93. The van der Waals surface area contributed by atoms with Gasteiger partial charge in [-0.1, -0.05) is 22.0 Å². The van der Waals surface area contributed by atoms with E-state index in [2.05, 4.69) is 15.9 Å². The molecule has 19 heavy (non-hydrogen) atoms. The van der Waals surface area contributed by atoms with Crippen LogP contribution in [0, 0.1) is 5.82 Å². The smallest absolute Gasteiger partial charge is 0.165 e. The second kappa shape index (κ2) is 7.25. The van der Waals surface area contributed by atoms with Crippen LogP contribution in [0.3, 0.4) is 0 Å². The van der Waals surface area contributed by atoms with Gasteiger partial charge in [-0.2, -0.15) is 0 Å². The molecule has 1 aromatic rings. The number of alkyl halides is 1. The molecule has 1 aromatic carbocycles. The van der Waals surface area contributed by atoms with E-state index in [1.165, 1.54) is 20.0 Å². The van der Waals surface area contributed by atoms with Crippen molar-refractivity contribution in [3.05, 3.63) is 29.6 Å². The molecule has 2 atom stereocenters. The lowest BCUT2D eigenvalue weighted by Crippen LogP contribution is -2.19. The lowest BCUT2D eigenvalue weighted by Gasteiger charge is -2.23. The van der Waals surface area contributed by atoms with Gasteiger partial charge in [-0.25, -0.2) is 4.39 Å². The van der Waals surface area contributed by atoms with Crippen molar-refractivity contribution < 1.29 is 13.9 Å². The van der Waals surface area contributed by atoms with Crippen LogP contribution in [0.1, 0.15) is 42.5 Å². The fourth-order valence-corrected chi connectivity index (χ4v) is 2.96. The van der Waals surface area contributed by atoms with Gasteiger partial charge in [0.15, 0.2) is 11.6 Å². The summed E-state index contributed by atoms with van der Waals surface area (Å²) in [6.45, 7) is 0.884. The Morgan fingerprint density at radius 1 is 1.47 bits per heavy atom. The van der Waals surface area contributed by atoms with E-state index >= 15 is 0 Å². The third kappa shape index (κ3) is 4.18. The van der Waals surface area contributed by atoms with Crippen LogP contribution in [-0.2, 0) is 4.74 Å². The second-order valence-corrected chi connectivity index (χ2v) is 6.03. The Balaban J connectivity index is 1.88. The van der Waals surface area contributed by atoms with Gasteiger partial charge >= 0.3 is 0 Å². The highest BCUT2D eigenvalue weighted by Crippen LogP contribution is 2.32. The van der Waals surface area contributed by atoms with Crippen molar-refractivity contribution in [3.8, 4) is 5.75 Å². The largest absolute Gasteiger partial charge is 0.494 e. The van der Waals surface area contributed by atoms with E-state index in [1.54, 1.807) is 12.1 Å². The first kappa shape index (κ1) is 14.8. The predicted molar refractivity (Wildman–Crippen MR) is 77.4 cm³/mol. The molecule has 1 aliphatic rings. The highest BCUT2D eigenvalue weighted by atomic mass is 79.9. The first-order chi connectivity index (χ1) is 9.20. The van der Waals surface area contributed by atoms with Gasteiger partial charge in [0, 0.05) is 11.4 Å². The van der Waals surface area contributed by atoms with E-state index in [4.69, 9.17) is 9.47 Å². The molecular weight excluding hydrogens is 311 g/mol. The summed E-state index contributed by atoms with van der Waals surface area (Å²) in [5.41, 5.74) is 0.953. The van der Waals surface area contributed by atoms with Crippen molar-refractivity contribution in [2.75, 3.05) is 13.7 Å². The molecule has 0 aliphatic carbocycles. The number of rotatable bonds is 5. The summed E-state index contributed by atoms with van der Waals surface area (Å²) in [5, 5.41) is 0. The van der Waals surface area contributed by atoms with Crippen LogP contribution in [0.4, 0.5) is 4.39 Å². The average molecular weight is 331 g/mol. The third-order valence-corrected chi connectivity index (χ3v) is 4.54. The van der Waals surface area contributed by atoms with Gasteiger partial charge in [0.1, 0.15) is 0 Å². The minimum atomic E-state index is -0.307. The molecule has 4 heteroatoms. The summed E-state index contributed by atoms with van der Waals surface area (Å²) >= 11 is 3.63. The molecule has 0 N–H and O–H groups in total. The Kier molecular flexibility index (Phi) is 5.64. The number of hydrogen-bond donors (Lipinski definition) is 0. The molecule has 1 heterocycles. The van der Waals surface area contributed by atoms with Gasteiger partial charge in [-0.05, 0) is 49.8 Å². The second-order valence-electron chi connectivity index (χ2n) is 4.93. The lowest BCUT2D eigenvalue weighted by atomic mass is 10.0. The van der Waals surface area contributed by atoms with Gasteiger partial charge < -0.3 is 9.47 Å². The van der Waals surface area contributed by atoms with Crippen molar-refractivity contribution in [1.29, 1.82) is 0 Å². The maximum absolute atomic E-state index is 13.6. The van der Waals surface area contributed by atoms with E-state index < -0.39 is 0 Å².